The summed E-state index contributed by atoms with van der Waals surface area (Å²) in [5.41, 5.74) is 4.51. The van der Waals surface area contributed by atoms with E-state index in [0.29, 0.717) is 39.9 Å². The minimum absolute atomic E-state index is 0.0366. The molecule has 1 aliphatic heterocycles. The summed E-state index contributed by atoms with van der Waals surface area (Å²) in [5.74, 6) is -0.931. The number of nitrogens with zero attached hydrogens (tertiary/aromatic N) is 3. The maximum absolute atomic E-state index is 13.1. The summed E-state index contributed by atoms with van der Waals surface area (Å²) in [6, 6.07) is 19.5. The van der Waals surface area contributed by atoms with Crippen LogP contribution in [0.15, 0.2) is 71.7 Å². The minimum Gasteiger partial charge on any atom is -0.453 e. The van der Waals surface area contributed by atoms with Crippen LogP contribution in [0.25, 0.3) is 0 Å². The molecule has 38 heavy (non-hydrogen) atoms. The molecule has 3 aromatic rings. The first-order valence-corrected chi connectivity index (χ1v) is 12.2. The number of benzene rings is 3. The number of fused-ring (bicyclic) bond motifs is 1. The van der Waals surface area contributed by atoms with Crippen molar-refractivity contribution in [3.63, 3.8) is 0 Å². The highest BCUT2D eigenvalue weighted by molar-refractivity contribution is 6.31. The molecular formula is C28H28ClN5O4. The zero-order valence-corrected chi connectivity index (χ0v) is 22.2. The predicted octanol–water partition coefficient (Wildman–Crippen LogP) is 4.90. The fourth-order valence-electron chi connectivity index (χ4n) is 4.11. The van der Waals surface area contributed by atoms with Crippen molar-refractivity contribution in [2.45, 2.75) is 5.92 Å². The first-order valence-electron chi connectivity index (χ1n) is 11.8. The van der Waals surface area contributed by atoms with Crippen LogP contribution in [-0.4, -0.2) is 63.3 Å². The summed E-state index contributed by atoms with van der Waals surface area (Å²) in [6.45, 7) is 0.293. The van der Waals surface area contributed by atoms with Crippen molar-refractivity contribution in [3.8, 4) is 0 Å². The number of likely N-dealkylation sites (N-methyl/N-ethyl adjacent to an activating group) is 2. The van der Waals surface area contributed by atoms with Crippen LogP contribution in [0.3, 0.4) is 0 Å². The van der Waals surface area contributed by atoms with Gasteiger partial charge in [0.25, 0.3) is 0 Å². The standard InChI is InChI=1S/C28H28ClN5O4/c1-33(2)16-24(35)34(3)21-12-10-19(11-13-21)30-26(17-5-8-20(9-6-17)31-28(37)38-4)25-22-14-7-18(29)15-23(22)32-27(25)36/h5-15,25H,16H2,1-4H3,(H,31,37)(H,32,36). The number of methoxy groups -OCH3 is 1. The number of hydrogen-bond donors (Lipinski definition) is 2. The fourth-order valence-corrected chi connectivity index (χ4v) is 4.28. The third kappa shape index (κ3) is 6.01. The van der Waals surface area contributed by atoms with E-state index in [1.54, 1.807) is 60.5 Å². The van der Waals surface area contributed by atoms with E-state index in [9.17, 15) is 14.4 Å². The molecule has 0 spiro atoms. The van der Waals surface area contributed by atoms with Crippen molar-refractivity contribution in [3.05, 3.63) is 82.9 Å². The number of hydrogen-bond acceptors (Lipinski definition) is 6. The topological polar surface area (TPSA) is 103 Å². The quantitative estimate of drug-likeness (QED) is 0.420. The van der Waals surface area contributed by atoms with Gasteiger partial charge in [-0.05, 0) is 73.8 Å². The molecule has 0 aromatic heterocycles. The monoisotopic (exact) mass is 533 g/mol. The Labute approximate surface area is 226 Å². The van der Waals surface area contributed by atoms with Gasteiger partial charge in [0.2, 0.25) is 11.8 Å². The number of halogens is 1. The van der Waals surface area contributed by atoms with Gasteiger partial charge in [-0.25, -0.2) is 4.79 Å². The Morgan fingerprint density at radius 1 is 1.03 bits per heavy atom. The van der Waals surface area contributed by atoms with Gasteiger partial charge in [0, 0.05) is 29.1 Å². The molecule has 0 bridgehead atoms. The Morgan fingerprint density at radius 2 is 1.71 bits per heavy atom. The molecular weight excluding hydrogens is 506 g/mol. The molecule has 3 aromatic carbocycles. The molecule has 1 heterocycles. The molecule has 196 valence electrons. The van der Waals surface area contributed by atoms with Crippen molar-refractivity contribution in [2.24, 2.45) is 4.99 Å². The Kier molecular flexibility index (Phi) is 8.09. The molecule has 9 nitrogen and oxygen atoms in total. The summed E-state index contributed by atoms with van der Waals surface area (Å²) in [7, 11) is 6.70. The largest absolute Gasteiger partial charge is 0.453 e. The number of amides is 3. The van der Waals surface area contributed by atoms with E-state index >= 15 is 0 Å². The maximum atomic E-state index is 13.1. The second kappa shape index (κ2) is 11.5. The summed E-state index contributed by atoms with van der Waals surface area (Å²) in [6.07, 6.45) is -0.582. The highest BCUT2D eigenvalue weighted by Crippen LogP contribution is 2.38. The van der Waals surface area contributed by atoms with Crippen LogP contribution in [-0.2, 0) is 14.3 Å². The summed E-state index contributed by atoms with van der Waals surface area (Å²) < 4.78 is 4.65. The van der Waals surface area contributed by atoms with E-state index < -0.39 is 12.0 Å². The summed E-state index contributed by atoms with van der Waals surface area (Å²) in [4.78, 5) is 45.4. The lowest BCUT2D eigenvalue weighted by molar-refractivity contribution is -0.119. The third-order valence-electron chi connectivity index (χ3n) is 6.04. The van der Waals surface area contributed by atoms with Gasteiger partial charge < -0.3 is 19.9 Å². The Bertz CT molecular complexity index is 1390. The number of ether oxygens (including phenoxy) is 1. The van der Waals surface area contributed by atoms with E-state index in [1.807, 2.05) is 37.2 Å². The second-order valence-corrected chi connectivity index (χ2v) is 9.49. The molecule has 2 N–H and O–H groups in total. The molecule has 0 aliphatic carbocycles. The van der Waals surface area contributed by atoms with Crippen LogP contribution in [0.1, 0.15) is 17.0 Å². The molecule has 0 saturated heterocycles. The Balaban J connectivity index is 1.72. The second-order valence-electron chi connectivity index (χ2n) is 9.05. The molecule has 10 heteroatoms. The minimum atomic E-state index is -0.675. The molecule has 0 fully saturated rings. The van der Waals surface area contributed by atoms with Gasteiger partial charge >= 0.3 is 6.09 Å². The van der Waals surface area contributed by atoms with E-state index in [0.717, 1.165) is 11.3 Å². The fraction of sp³-hybridized carbons (Fsp3) is 0.214. The first-order chi connectivity index (χ1) is 18.2. The van der Waals surface area contributed by atoms with Crippen LogP contribution < -0.4 is 15.5 Å². The molecule has 0 radical (unpaired) electrons. The maximum Gasteiger partial charge on any atom is 0.411 e. The lowest BCUT2D eigenvalue weighted by atomic mass is 9.90. The highest BCUT2D eigenvalue weighted by Gasteiger charge is 2.35. The van der Waals surface area contributed by atoms with Gasteiger partial charge in [-0.3, -0.25) is 19.9 Å². The van der Waals surface area contributed by atoms with E-state index in [4.69, 9.17) is 16.6 Å². The lowest BCUT2D eigenvalue weighted by Gasteiger charge is -2.20. The van der Waals surface area contributed by atoms with E-state index in [2.05, 4.69) is 15.4 Å². The lowest BCUT2D eigenvalue weighted by Crippen LogP contribution is -2.34. The average molecular weight is 534 g/mol. The van der Waals surface area contributed by atoms with Crippen molar-refractivity contribution in [1.82, 2.24) is 4.90 Å². The molecule has 3 amide bonds. The zero-order valence-electron chi connectivity index (χ0n) is 21.5. The van der Waals surface area contributed by atoms with Crippen molar-refractivity contribution < 1.29 is 19.1 Å². The Morgan fingerprint density at radius 3 is 2.34 bits per heavy atom. The van der Waals surface area contributed by atoms with Crippen LogP contribution >= 0.6 is 11.6 Å². The average Bonchev–Trinajstić information content (AvgIpc) is 3.21. The zero-order chi connectivity index (χ0) is 27.4. The molecule has 0 saturated carbocycles. The van der Waals surface area contributed by atoms with Crippen molar-refractivity contribution >= 4 is 58.0 Å². The number of carbonyl (C=O) groups excluding carboxylic acids is 3. The summed E-state index contributed by atoms with van der Waals surface area (Å²) in [5, 5.41) is 6.03. The molecule has 4 rings (SSSR count). The van der Waals surface area contributed by atoms with Crippen molar-refractivity contribution in [2.75, 3.05) is 50.3 Å². The number of rotatable bonds is 7. The van der Waals surface area contributed by atoms with Gasteiger partial charge in [0.15, 0.2) is 0 Å². The summed E-state index contributed by atoms with van der Waals surface area (Å²) >= 11 is 6.15. The predicted molar refractivity (Wildman–Crippen MR) is 150 cm³/mol. The Hall–Kier alpha value is -4.21. The SMILES string of the molecule is COC(=O)Nc1ccc(C(=Nc2ccc(N(C)C(=O)CN(C)C)cc2)C2C(=O)Nc3cc(Cl)ccc32)cc1. The first kappa shape index (κ1) is 26.8. The molecule has 1 atom stereocenters. The van der Waals surface area contributed by atoms with Gasteiger partial charge in [-0.15, -0.1) is 0 Å². The smallest absolute Gasteiger partial charge is 0.411 e. The molecule has 1 aliphatic rings. The van der Waals surface area contributed by atoms with E-state index in [1.165, 1.54) is 7.11 Å². The van der Waals surface area contributed by atoms with E-state index in [-0.39, 0.29) is 11.8 Å². The number of anilines is 3. The van der Waals surface area contributed by atoms with Gasteiger partial charge in [0.1, 0.15) is 5.92 Å². The number of carbonyl (C=O) groups is 3. The number of nitrogens with one attached hydrogen (secondary N) is 2. The van der Waals surface area contributed by atoms with Gasteiger partial charge in [0.05, 0.1) is 25.1 Å². The third-order valence-corrected chi connectivity index (χ3v) is 6.28. The number of aliphatic imine (C=N–C) groups is 1. The van der Waals surface area contributed by atoms with Gasteiger partial charge in [-0.1, -0.05) is 29.8 Å². The molecule has 1 unspecified atom stereocenters. The normalized spacial score (nSPS) is 14.6. The highest BCUT2D eigenvalue weighted by atomic mass is 35.5. The van der Waals surface area contributed by atoms with Crippen LogP contribution in [0.5, 0.6) is 0 Å². The van der Waals surface area contributed by atoms with Crippen molar-refractivity contribution in [1.29, 1.82) is 0 Å². The van der Waals surface area contributed by atoms with Crippen LogP contribution in [0.4, 0.5) is 27.5 Å². The van der Waals surface area contributed by atoms with Crippen LogP contribution in [0.2, 0.25) is 5.02 Å². The van der Waals surface area contributed by atoms with Crippen LogP contribution in [0, 0.1) is 0 Å². The van der Waals surface area contributed by atoms with Gasteiger partial charge in [-0.2, -0.15) is 0 Å².